The number of non-ortho nitro benzene ring substituents is 1. The zero-order chi connectivity index (χ0) is 23.0. The summed E-state index contributed by atoms with van der Waals surface area (Å²) in [4.78, 5) is 51.3. The van der Waals surface area contributed by atoms with Crippen LogP contribution < -0.4 is 11.2 Å². The molecule has 2 heterocycles. The van der Waals surface area contributed by atoms with E-state index >= 15 is 0 Å². The number of ketones is 1. The van der Waals surface area contributed by atoms with Gasteiger partial charge in [0.2, 0.25) is 0 Å². The number of rotatable bonds is 6. The van der Waals surface area contributed by atoms with Crippen molar-refractivity contribution in [1.29, 1.82) is 0 Å². The molecule has 4 aromatic rings. The molecule has 0 aliphatic heterocycles. The van der Waals surface area contributed by atoms with Crippen LogP contribution >= 0.6 is 22.9 Å². The second kappa shape index (κ2) is 8.52. The van der Waals surface area contributed by atoms with Gasteiger partial charge in [-0.2, -0.15) is 0 Å². The van der Waals surface area contributed by atoms with Gasteiger partial charge in [0, 0.05) is 27.6 Å². The first-order chi connectivity index (χ1) is 15.3. The van der Waals surface area contributed by atoms with Crippen molar-refractivity contribution >= 4 is 44.6 Å². The van der Waals surface area contributed by atoms with Crippen molar-refractivity contribution in [3.63, 3.8) is 0 Å². The lowest BCUT2D eigenvalue weighted by Gasteiger charge is -2.12. The fourth-order valence-electron chi connectivity index (χ4n) is 3.38. The molecule has 0 bridgehead atoms. The van der Waals surface area contributed by atoms with E-state index in [-0.39, 0.29) is 23.5 Å². The van der Waals surface area contributed by atoms with Crippen molar-refractivity contribution in [2.24, 2.45) is 0 Å². The Bertz CT molecular complexity index is 1500. The Labute approximate surface area is 190 Å². The Morgan fingerprint density at radius 2 is 1.88 bits per heavy atom. The van der Waals surface area contributed by atoms with E-state index in [0.29, 0.717) is 21.7 Å². The van der Waals surface area contributed by atoms with Crippen LogP contribution in [-0.2, 0) is 13.0 Å². The van der Waals surface area contributed by atoms with Crippen LogP contribution in [0.25, 0.3) is 15.9 Å². The van der Waals surface area contributed by atoms with Gasteiger partial charge in [0.15, 0.2) is 5.78 Å². The number of hydrogen-bond donors (Lipinski definition) is 0. The van der Waals surface area contributed by atoms with Gasteiger partial charge in [0.05, 0.1) is 22.5 Å². The molecule has 32 heavy (non-hydrogen) atoms. The maximum atomic E-state index is 13.4. The minimum atomic E-state index is -0.687. The van der Waals surface area contributed by atoms with E-state index in [0.717, 1.165) is 9.44 Å². The summed E-state index contributed by atoms with van der Waals surface area (Å²) in [6, 6.07) is 13.4. The van der Waals surface area contributed by atoms with Gasteiger partial charge < -0.3 is 0 Å². The highest BCUT2D eigenvalue weighted by Gasteiger charge is 2.20. The second-order valence-electron chi connectivity index (χ2n) is 7.00. The summed E-state index contributed by atoms with van der Waals surface area (Å²) in [5.74, 6) is -0.486. The summed E-state index contributed by atoms with van der Waals surface area (Å²) in [7, 11) is 0. The average molecular weight is 470 g/mol. The molecule has 8 nitrogen and oxygen atoms in total. The molecular weight excluding hydrogens is 454 g/mol. The molecule has 0 spiro atoms. The maximum Gasteiger partial charge on any atom is 0.337 e. The highest BCUT2D eigenvalue weighted by molar-refractivity contribution is 7.18. The van der Waals surface area contributed by atoms with E-state index in [1.807, 2.05) is 6.92 Å². The molecule has 2 aromatic heterocycles. The van der Waals surface area contributed by atoms with Gasteiger partial charge in [0.1, 0.15) is 4.83 Å². The highest BCUT2D eigenvalue weighted by atomic mass is 35.5. The van der Waals surface area contributed by atoms with Gasteiger partial charge in [-0.05, 0) is 30.7 Å². The van der Waals surface area contributed by atoms with Crippen LogP contribution in [0.3, 0.4) is 0 Å². The topological polar surface area (TPSA) is 104 Å². The smallest absolute Gasteiger partial charge is 0.292 e. The number of carbonyl (C=O) groups excluding carboxylic acids is 1. The molecule has 162 valence electrons. The van der Waals surface area contributed by atoms with E-state index in [4.69, 9.17) is 11.6 Å². The quantitative estimate of drug-likeness (QED) is 0.239. The molecule has 0 unspecified atom stereocenters. The molecule has 0 saturated heterocycles. The van der Waals surface area contributed by atoms with Crippen molar-refractivity contribution in [3.05, 3.63) is 101 Å². The molecule has 0 radical (unpaired) electrons. The number of benzene rings is 2. The van der Waals surface area contributed by atoms with Crippen LogP contribution in [0.1, 0.15) is 22.2 Å². The van der Waals surface area contributed by atoms with Gasteiger partial charge in [0.25, 0.3) is 11.2 Å². The van der Waals surface area contributed by atoms with Crippen LogP contribution in [0.5, 0.6) is 0 Å². The zero-order valence-electron chi connectivity index (χ0n) is 16.8. The van der Waals surface area contributed by atoms with Gasteiger partial charge in [-0.1, -0.05) is 36.7 Å². The van der Waals surface area contributed by atoms with E-state index in [1.165, 1.54) is 46.2 Å². The molecule has 0 saturated carbocycles. The molecular formula is C22H16ClN3O5S. The first kappa shape index (κ1) is 21.7. The van der Waals surface area contributed by atoms with Gasteiger partial charge in [-0.3, -0.25) is 24.3 Å². The number of thiophene rings is 1. The minimum absolute atomic E-state index is 0.104. The SMILES string of the molecule is CCc1cc2c(=O)n(-c3cccc(Cl)c3)c(=O)n(CC(=O)c3cccc([N+](=O)[O-])c3)c2s1. The van der Waals surface area contributed by atoms with Crippen molar-refractivity contribution in [3.8, 4) is 5.69 Å². The number of aromatic nitrogens is 2. The van der Waals surface area contributed by atoms with Crippen molar-refractivity contribution in [2.45, 2.75) is 19.9 Å². The lowest BCUT2D eigenvalue weighted by molar-refractivity contribution is -0.384. The molecule has 0 N–H and O–H groups in total. The van der Waals surface area contributed by atoms with Crippen molar-refractivity contribution in [2.75, 3.05) is 0 Å². The Morgan fingerprint density at radius 1 is 1.12 bits per heavy atom. The fraction of sp³-hybridized carbons (Fsp3) is 0.136. The summed E-state index contributed by atoms with van der Waals surface area (Å²) in [6.07, 6.45) is 0.656. The summed E-state index contributed by atoms with van der Waals surface area (Å²) in [5, 5.41) is 11.7. The summed E-state index contributed by atoms with van der Waals surface area (Å²) >= 11 is 7.33. The van der Waals surface area contributed by atoms with Crippen molar-refractivity contribution in [1.82, 2.24) is 9.13 Å². The third-order valence-corrected chi connectivity index (χ3v) is 6.50. The number of nitrogens with zero attached hydrogens (tertiary/aromatic N) is 3. The predicted molar refractivity (Wildman–Crippen MR) is 123 cm³/mol. The van der Waals surface area contributed by atoms with Crippen LogP contribution in [0.15, 0.2) is 64.2 Å². The Balaban J connectivity index is 1.92. The van der Waals surface area contributed by atoms with Crippen LogP contribution in [-0.4, -0.2) is 19.8 Å². The number of hydrogen-bond acceptors (Lipinski definition) is 6. The van der Waals surface area contributed by atoms with E-state index in [2.05, 4.69) is 0 Å². The zero-order valence-corrected chi connectivity index (χ0v) is 18.4. The lowest BCUT2D eigenvalue weighted by Crippen LogP contribution is -2.39. The summed E-state index contributed by atoms with van der Waals surface area (Å²) in [6.45, 7) is 1.55. The summed E-state index contributed by atoms with van der Waals surface area (Å²) < 4.78 is 2.23. The minimum Gasteiger partial charge on any atom is -0.292 e. The largest absolute Gasteiger partial charge is 0.337 e. The molecule has 2 aromatic carbocycles. The third-order valence-electron chi connectivity index (χ3n) is 4.96. The predicted octanol–water partition coefficient (Wildman–Crippen LogP) is 4.22. The van der Waals surface area contributed by atoms with E-state index in [9.17, 15) is 24.5 Å². The number of Topliss-reactive ketones (excluding diaryl/α,β-unsaturated/α-hetero) is 1. The first-order valence-electron chi connectivity index (χ1n) is 9.62. The molecule has 0 aliphatic rings. The number of aryl methyl sites for hydroxylation is 1. The van der Waals surface area contributed by atoms with Gasteiger partial charge in [-0.25, -0.2) is 9.36 Å². The molecule has 0 amide bonds. The van der Waals surface area contributed by atoms with Crippen LogP contribution in [0, 0.1) is 10.1 Å². The Hall–Kier alpha value is -3.56. The standard InChI is InChI=1S/C22H16ClN3O5S/c1-2-17-11-18-20(28)25(15-7-4-6-14(23)10-15)22(29)24(21(18)32-17)12-19(27)13-5-3-8-16(9-13)26(30)31/h3-11H,2,12H2,1H3. The molecule has 10 heteroatoms. The Morgan fingerprint density at radius 3 is 2.56 bits per heavy atom. The highest BCUT2D eigenvalue weighted by Crippen LogP contribution is 2.24. The average Bonchev–Trinajstić information content (AvgIpc) is 3.21. The fourth-order valence-corrected chi connectivity index (χ4v) is 4.65. The number of carbonyl (C=O) groups is 1. The maximum absolute atomic E-state index is 13.4. The van der Waals surface area contributed by atoms with Crippen molar-refractivity contribution < 1.29 is 9.72 Å². The number of nitro groups is 1. The van der Waals surface area contributed by atoms with E-state index in [1.54, 1.807) is 24.3 Å². The van der Waals surface area contributed by atoms with E-state index < -0.39 is 22.0 Å². The van der Waals surface area contributed by atoms with Gasteiger partial charge >= 0.3 is 5.69 Å². The van der Waals surface area contributed by atoms with Gasteiger partial charge in [-0.15, -0.1) is 11.3 Å². The lowest BCUT2D eigenvalue weighted by atomic mass is 10.1. The number of fused-ring (bicyclic) bond motifs is 1. The molecule has 0 fully saturated rings. The number of nitro benzene ring substituents is 1. The number of halogens is 1. The molecule has 0 aliphatic carbocycles. The monoisotopic (exact) mass is 469 g/mol. The Kier molecular flexibility index (Phi) is 5.77. The molecule has 0 atom stereocenters. The normalized spacial score (nSPS) is 11.1. The van der Waals surface area contributed by atoms with Crippen LogP contribution in [0.4, 0.5) is 5.69 Å². The van der Waals surface area contributed by atoms with Crippen LogP contribution in [0.2, 0.25) is 5.02 Å². The second-order valence-corrected chi connectivity index (χ2v) is 8.56. The molecule has 4 rings (SSSR count). The summed E-state index contributed by atoms with van der Waals surface area (Å²) in [5.41, 5.74) is -1.01. The first-order valence-corrected chi connectivity index (χ1v) is 10.8. The third kappa shape index (κ3) is 3.88.